The van der Waals surface area contributed by atoms with Gasteiger partial charge in [-0.05, 0) is 32.9 Å². The first-order valence-corrected chi connectivity index (χ1v) is 5.46. The zero-order valence-corrected chi connectivity index (χ0v) is 10.4. The van der Waals surface area contributed by atoms with E-state index in [9.17, 15) is 15.0 Å². The van der Waals surface area contributed by atoms with E-state index in [1.54, 1.807) is 12.1 Å². The number of ether oxygens (including phenoxy) is 1. The Bertz CT molecular complexity index is 649. The average molecular weight is 250 g/mol. The summed E-state index contributed by atoms with van der Waals surface area (Å²) in [5.41, 5.74) is -1.29. The predicted molar refractivity (Wildman–Crippen MR) is 66.2 cm³/mol. The fourth-order valence-corrected chi connectivity index (χ4v) is 1.61. The van der Waals surface area contributed by atoms with Crippen LogP contribution in [0.25, 0.3) is 11.0 Å². The van der Waals surface area contributed by atoms with E-state index in [1.807, 2.05) is 20.8 Å². The van der Waals surface area contributed by atoms with Crippen molar-refractivity contribution in [1.29, 1.82) is 0 Å². The molecular weight excluding hydrogens is 236 g/mol. The van der Waals surface area contributed by atoms with Gasteiger partial charge < -0.3 is 19.4 Å². The third-order valence-electron chi connectivity index (χ3n) is 2.26. The summed E-state index contributed by atoms with van der Waals surface area (Å²) in [7, 11) is 0. The molecule has 0 spiro atoms. The normalized spacial score (nSPS) is 11.7. The molecule has 0 aliphatic rings. The van der Waals surface area contributed by atoms with Gasteiger partial charge in [0.05, 0.1) is 0 Å². The lowest BCUT2D eigenvalue weighted by molar-refractivity contribution is 0.133. The van der Waals surface area contributed by atoms with Crippen molar-refractivity contribution in [2.45, 2.75) is 26.4 Å². The molecule has 0 saturated carbocycles. The second-order valence-corrected chi connectivity index (χ2v) is 4.93. The van der Waals surface area contributed by atoms with Gasteiger partial charge in [-0.25, -0.2) is 4.79 Å². The van der Waals surface area contributed by atoms with Gasteiger partial charge in [0.15, 0.2) is 5.75 Å². The van der Waals surface area contributed by atoms with Crippen LogP contribution >= 0.6 is 0 Å². The van der Waals surface area contributed by atoms with E-state index >= 15 is 0 Å². The number of aromatic hydroxyl groups is 2. The highest BCUT2D eigenvalue weighted by Crippen LogP contribution is 2.38. The number of rotatable bonds is 1. The Kier molecular flexibility index (Phi) is 2.69. The fourth-order valence-electron chi connectivity index (χ4n) is 1.61. The highest BCUT2D eigenvalue weighted by Gasteiger charge is 2.20. The lowest BCUT2D eigenvalue weighted by Crippen LogP contribution is -2.23. The first kappa shape index (κ1) is 12.3. The maximum Gasteiger partial charge on any atom is 0.382 e. The maximum atomic E-state index is 11.2. The number of fused-ring (bicyclic) bond motifs is 1. The third kappa shape index (κ3) is 2.11. The minimum absolute atomic E-state index is 0.164. The predicted octanol–water partition coefficient (Wildman–Crippen LogP) is 2.38. The summed E-state index contributed by atoms with van der Waals surface area (Å²) in [4.78, 5) is 11.2. The fraction of sp³-hybridized carbons (Fsp3) is 0.308. The summed E-state index contributed by atoms with van der Waals surface area (Å²) in [5, 5.41) is 19.4. The lowest BCUT2D eigenvalue weighted by atomic mass is 10.1. The molecule has 18 heavy (non-hydrogen) atoms. The summed E-state index contributed by atoms with van der Waals surface area (Å²) >= 11 is 0. The van der Waals surface area contributed by atoms with Crippen molar-refractivity contribution in [3.63, 3.8) is 0 Å². The molecule has 1 aromatic carbocycles. The third-order valence-corrected chi connectivity index (χ3v) is 2.26. The van der Waals surface area contributed by atoms with Crippen LogP contribution in [0.3, 0.4) is 0 Å². The topological polar surface area (TPSA) is 79.9 Å². The molecule has 0 fully saturated rings. The van der Waals surface area contributed by atoms with Crippen molar-refractivity contribution in [2.24, 2.45) is 0 Å². The minimum Gasteiger partial charge on any atom is -0.503 e. The summed E-state index contributed by atoms with van der Waals surface area (Å²) in [6, 6.07) is 4.79. The molecule has 5 heteroatoms. The first-order valence-electron chi connectivity index (χ1n) is 5.46. The zero-order chi connectivity index (χ0) is 13.5. The zero-order valence-electron chi connectivity index (χ0n) is 10.4. The smallest absolute Gasteiger partial charge is 0.382 e. The molecule has 96 valence electrons. The van der Waals surface area contributed by atoms with Crippen LogP contribution in [0.5, 0.6) is 17.2 Å². The SMILES string of the molecule is CC(C)(C)Oc1cccc2oc(=O)c(O)c(O)c12. The number of hydrogen-bond acceptors (Lipinski definition) is 5. The molecule has 0 saturated heterocycles. The van der Waals surface area contributed by atoms with Crippen LogP contribution in [0.15, 0.2) is 27.4 Å². The highest BCUT2D eigenvalue weighted by atomic mass is 16.5. The molecule has 1 heterocycles. The second kappa shape index (κ2) is 3.94. The van der Waals surface area contributed by atoms with Gasteiger partial charge in [0.25, 0.3) is 0 Å². The largest absolute Gasteiger partial charge is 0.503 e. The van der Waals surface area contributed by atoms with Gasteiger partial charge >= 0.3 is 5.63 Å². The van der Waals surface area contributed by atoms with Gasteiger partial charge in [-0.2, -0.15) is 0 Å². The Hall–Kier alpha value is -2.17. The highest BCUT2D eigenvalue weighted by molar-refractivity contribution is 5.91. The summed E-state index contributed by atoms with van der Waals surface area (Å²) in [6.45, 7) is 5.55. The molecule has 2 N–H and O–H groups in total. The van der Waals surface area contributed by atoms with Crippen molar-refractivity contribution < 1.29 is 19.4 Å². The molecule has 2 rings (SSSR count). The van der Waals surface area contributed by atoms with Crippen molar-refractivity contribution >= 4 is 11.0 Å². The first-order chi connectivity index (χ1) is 8.29. The van der Waals surface area contributed by atoms with Crippen LogP contribution in [0.2, 0.25) is 0 Å². The molecule has 0 radical (unpaired) electrons. The second-order valence-electron chi connectivity index (χ2n) is 4.93. The Labute approximate surface area is 103 Å². The maximum absolute atomic E-state index is 11.2. The van der Waals surface area contributed by atoms with Gasteiger partial charge in [0.1, 0.15) is 22.3 Å². The lowest BCUT2D eigenvalue weighted by Gasteiger charge is -2.22. The van der Waals surface area contributed by atoms with Crippen LogP contribution in [0.1, 0.15) is 20.8 Å². The summed E-state index contributed by atoms with van der Waals surface area (Å²) in [5.74, 6) is -0.995. The van der Waals surface area contributed by atoms with Crippen LogP contribution in [0, 0.1) is 0 Å². The van der Waals surface area contributed by atoms with E-state index in [0.717, 1.165) is 0 Å². The molecule has 2 aromatic rings. The van der Waals surface area contributed by atoms with E-state index in [4.69, 9.17) is 9.15 Å². The van der Waals surface area contributed by atoms with Crippen LogP contribution < -0.4 is 10.4 Å². The van der Waals surface area contributed by atoms with Crippen molar-refractivity contribution in [1.82, 2.24) is 0 Å². The molecule has 0 unspecified atom stereocenters. The van der Waals surface area contributed by atoms with E-state index in [-0.39, 0.29) is 11.0 Å². The summed E-state index contributed by atoms with van der Waals surface area (Å²) in [6.07, 6.45) is 0. The Balaban J connectivity index is 2.76. The van der Waals surface area contributed by atoms with E-state index in [0.29, 0.717) is 5.75 Å². The molecule has 5 nitrogen and oxygen atoms in total. The quantitative estimate of drug-likeness (QED) is 0.759. The average Bonchev–Trinajstić information content (AvgIpc) is 2.23. The van der Waals surface area contributed by atoms with Crippen molar-refractivity contribution in [2.75, 3.05) is 0 Å². The van der Waals surface area contributed by atoms with Gasteiger partial charge in [-0.15, -0.1) is 0 Å². The van der Waals surface area contributed by atoms with Crippen molar-refractivity contribution in [3.8, 4) is 17.2 Å². The van der Waals surface area contributed by atoms with Gasteiger partial charge in [-0.3, -0.25) is 0 Å². The molecule has 0 aliphatic heterocycles. The van der Waals surface area contributed by atoms with Gasteiger partial charge in [-0.1, -0.05) is 6.07 Å². The Morgan fingerprint density at radius 1 is 1.17 bits per heavy atom. The molecule has 0 aliphatic carbocycles. The van der Waals surface area contributed by atoms with Gasteiger partial charge in [0, 0.05) is 0 Å². The Morgan fingerprint density at radius 2 is 1.83 bits per heavy atom. The minimum atomic E-state index is -0.979. The molecule has 1 aromatic heterocycles. The van der Waals surface area contributed by atoms with Crippen molar-refractivity contribution in [3.05, 3.63) is 28.6 Å². The number of benzene rings is 1. The van der Waals surface area contributed by atoms with Crippen LogP contribution in [-0.2, 0) is 0 Å². The summed E-state index contributed by atoms with van der Waals surface area (Å²) < 4.78 is 10.5. The van der Waals surface area contributed by atoms with Crippen LogP contribution in [0.4, 0.5) is 0 Å². The van der Waals surface area contributed by atoms with Crippen LogP contribution in [-0.4, -0.2) is 15.8 Å². The van der Waals surface area contributed by atoms with E-state index in [1.165, 1.54) is 6.07 Å². The monoisotopic (exact) mass is 250 g/mol. The molecule has 0 atom stereocenters. The standard InChI is InChI=1S/C13H14O5/c1-13(2,3)18-8-6-4-5-7-9(8)10(14)11(15)12(16)17-7/h4-6,14-15H,1-3H3. The number of hydrogen-bond donors (Lipinski definition) is 2. The Morgan fingerprint density at radius 3 is 2.44 bits per heavy atom. The van der Waals surface area contributed by atoms with E-state index in [2.05, 4.69) is 0 Å². The van der Waals surface area contributed by atoms with Gasteiger partial charge in [0.2, 0.25) is 5.75 Å². The molecule has 0 bridgehead atoms. The van der Waals surface area contributed by atoms with E-state index < -0.39 is 22.7 Å². The molecular formula is C13H14O5. The molecule has 0 amide bonds.